The lowest BCUT2D eigenvalue weighted by Crippen LogP contribution is -2.37. The second-order valence-corrected chi connectivity index (χ2v) is 6.90. The van der Waals surface area contributed by atoms with E-state index in [2.05, 4.69) is 26.1 Å². The van der Waals surface area contributed by atoms with Crippen molar-refractivity contribution >= 4 is 11.6 Å². The van der Waals surface area contributed by atoms with Crippen LogP contribution in [0.15, 0.2) is 18.2 Å². The largest absolute Gasteiger partial charge is 0.307 e. The van der Waals surface area contributed by atoms with E-state index >= 15 is 0 Å². The Labute approximate surface area is 120 Å². The fourth-order valence-corrected chi connectivity index (χ4v) is 3.19. The molecule has 1 saturated carbocycles. The lowest BCUT2D eigenvalue weighted by molar-refractivity contribution is 0.200. The molecule has 0 bridgehead atoms. The van der Waals surface area contributed by atoms with Crippen LogP contribution in [-0.4, -0.2) is 6.04 Å². The number of hydrogen-bond donors (Lipinski definition) is 1. The molecule has 1 unspecified atom stereocenters. The maximum absolute atomic E-state index is 13.1. The van der Waals surface area contributed by atoms with Crippen molar-refractivity contribution in [2.75, 3.05) is 0 Å². The molecule has 0 radical (unpaired) electrons. The monoisotopic (exact) mass is 283 g/mol. The summed E-state index contributed by atoms with van der Waals surface area (Å²) in [4.78, 5) is 0. The molecule has 1 aliphatic carbocycles. The molecular weight excluding hydrogens is 261 g/mol. The number of rotatable bonds is 3. The van der Waals surface area contributed by atoms with Crippen molar-refractivity contribution in [1.82, 2.24) is 5.32 Å². The molecule has 0 amide bonds. The van der Waals surface area contributed by atoms with Crippen molar-refractivity contribution < 1.29 is 4.39 Å². The molecule has 2 rings (SSSR count). The first-order valence-corrected chi connectivity index (χ1v) is 7.46. The third kappa shape index (κ3) is 3.93. The Morgan fingerprint density at radius 3 is 2.53 bits per heavy atom. The third-order valence-electron chi connectivity index (χ3n) is 4.25. The lowest BCUT2D eigenvalue weighted by atomic mass is 9.75. The molecule has 106 valence electrons. The van der Waals surface area contributed by atoms with Gasteiger partial charge in [-0.25, -0.2) is 4.39 Å². The minimum Gasteiger partial charge on any atom is -0.307 e. The summed E-state index contributed by atoms with van der Waals surface area (Å²) in [7, 11) is 0. The van der Waals surface area contributed by atoms with Gasteiger partial charge in [0.05, 0.1) is 0 Å². The number of hydrogen-bond acceptors (Lipinski definition) is 1. The number of nitrogens with one attached hydrogen (secondary N) is 1. The minimum atomic E-state index is -0.277. The Hall–Kier alpha value is -0.600. The molecule has 1 atom stereocenters. The standard InChI is InChI=1S/C16H23ClFN/c1-11(14-5-4-12(18)10-15(14)17)19-13-6-8-16(2,3)9-7-13/h4-5,10-11,13,19H,6-9H2,1-3H3. The first-order chi connectivity index (χ1) is 8.87. The van der Waals surface area contributed by atoms with Gasteiger partial charge >= 0.3 is 0 Å². The molecule has 1 nitrogen and oxygen atoms in total. The van der Waals surface area contributed by atoms with Crippen molar-refractivity contribution in [1.29, 1.82) is 0 Å². The van der Waals surface area contributed by atoms with Crippen LogP contribution in [0.4, 0.5) is 4.39 Å². The summed E-state index contributed by atoms with van der Waals surface area (Å²) < 4.78 is 13.1. The molecule has 3 heteroatoms. The Bertz CT molecular complexity index is 434. The van der Waals surface area contributed by atoms with Crippen LogP contribution in [0.5, 0.6) is 0 Å². The summed E-state index contributed by atoms with van der Waals surface area (Å²) in [5.41, 5.74) is 1.46. The van der Waals surface area contributed by atoms with Crippen molar-refractivity contribution in [3.8, 4) is 0 Å². The Balaban J connectivity index is 1.96. The van der Waals surface area contributed by atoms with Gasteiger partial charge in [0.1, 0.15) is 5.82 Å². The zero-order valence-electron chi connectivity index (χ0n) is 12.0. The lowest BCUT2D eigenvalue weighted by Gasteiger charge is -2.36. The predicted octanol–water partition coefficient (Wildman–Crippen LogP) is 5.10. The molecule has 1 aliphatic rings. The first-order valence-electron chi connectivity index (χ1n) is 7.08. The first kappa shape index (κ1) is 14.8. The smallest absolute Gasteiger partial charge is 0.124 e. The molecule has 1 aromatic rings. The summed E-state index contributed by atoms with van der Waals surface area (Å²) in [5.74, 6) is -0.277. The van der Waals surface area contributed by atoms with Crippen molar-refractivity contribution in [2.24, 2.45) is 5.41 Å². The van der Waals surface area contributed by atoms with Gasteiger partial charge in [-0.05, 0) is 55.7 Å². The van der Waals surface area contributed by atoms with Gasteiger partial charge in [0, 0.05) is 17.1 Å². The number of halogens is 2. The zero-order valence-corrected chi connectivity index (χ0v) is 12.7. The minimum absolute atomic E-state index is 0.166. The highest BCUT2D eigenvalue weighted by molar-refractivity contribution is 6.31. The molecule has 19 heavy (non-hydrogen) atoms. The Morgan fingerprint density at radius 2 is 1.95 bits per heavy atom. The quantitative estimate of drug-likeness (QED) is 0.814. The Kier molecular flexibility index (Phi) is 4.52. The average molecular weight is 284 g/mol. The second kappa shape index (κ2) is 5.80. The summed E-state index contributed by atoms with van der Waals surface area (Å²) in [6, 6.07) is 5.35. The topological polar surface area (TPSA) is 12.0 Å². The molecular formula is C16H23ClFN. The van der Waals surface area contributed by atoms with Crippen LogP contribution in [0.3, 0.4) is 0 Å². The summed E-state index contributed by atoms with van der Waals surface area (Å²) >= 11 is 6.11. The molecule has 0 aromatic heterocycles. The second-order valence-electron chi connectivity index (χ2n) is 6.49. The van der Waals surface area contributed by atoms with E-state index in [9.17, 15) is 4.39 Å². The maximum Gasteiger partial charge on any atom is 0.124 e. The van der Waals surface area contributed by atoms with Gasteiger partial charge in [-0.2, -0.15) is 0 Å². The molecule has 1 fully saturated rings. The molecule has 0 heterocycles. The van der Waals surface area contributed by atoms with Gasteiger partial charge in [-0.3, -0.25) is 0 Å². The SMILES string of the molecule is CC(NC1CCC(C)(C)CC1)c1ccc(F)cc1Cl. The molecule has 1 N–H and O–H groups in total. The van der Waals surface area contributed by atoms with Crippen molar-refractivity contribution in [2.45, 2.75) is 58.5 Å². The Morgan fingerprint density at radius 1 is 1.32 bits per heavy atom. The van der Waals surface area contributed by atoms with Gasteiger partial charge in [0.15, 0.2) is 0 Å². The summed E-state index contributed by atoms with van der Waals surface area (Å²) in [6.45, 7) is 6.77. The highest BCUT2D eigenvalue weighted by atomic mass is 35.5. The van der Waals surface area contributed by atoms with E-state index in [1.165, 1.54) is 37.8 Å². The highest BCUT2D eigenvalue weighted by Gasteiger charge is 2.27. The number of benzene rings is 1. The van der Waals surface area contributed by atoms with Gasteiger partial charge in [-0.15, -0.1) is 0 Å². The van der Waals surface area contributed by atoms with E-state index in [-0.39, 0.29) is 11.9 Å². The van der Waals surface area contributed by atoms with E-state index in [0.29, 0.717) is 16.5 Å². The van der Waals surface area contributed by atoms with E-state index in [1.54, 1.807) is 6.07 Å². The van der Waals surface area contributed by atoms with Crippen LogP contribution in [0.1, 0.15) is 58.1 Å². The van der Waals surface area contributed by atoms with Crippen molar-refractivity contribution in [3.05, 3.63) is 34.6 Å². The molecule has 0 spiro atoms. The highest BCUT2D eigenvalue weighted by Crippen LogP contribution is 2.36. The van der Waals surface area contributed by atoms with Crippen LogP contribution in [0, 0.1) is 11.2 Å². The molecule has 1 aromatic carbocycles. The normalized spacial score (nSPS) is 21.3. The van der Waals surface area contributed by atoms with Gasteiger partial charge in [0.2, 0.25) is 0 Å². The van der Waals surface area contributed by atoms with Crippen LogP contribution >= 0.6 is 11.6 Å². The van der Waals surface area contributed by atoms with E-state index < -0.39 is 0 Å². The van der Waals surface area contributed by atoms with Crippen molar-refractivity contribution in [3.63, 3.8) is 0 Å². The molecule has 0 aliphatic heterocycles. The molecule has 0 saturated heterocycles. The van der Waals surface area contributed by atoms with E-state index in [1.807, 2.05) is 0 Å². The predicted molar refractivity (Wildman–Crippen MR) is 79.0 cm³/mol. The van der Waals surface area contributed by atoms with Gasteiger partial charge < -0.3 is 5.32 Å². The zero-order chi connectivity index (χ0) is 14.0. The fourth-order valence-electron chi connectivity index (χ4n) is 2.86. The van der Waals surface area contributed by atoms with E-state index in [4.69, 9.17) is 11.6 Å². The summed E-state index contributed by atoms with van der Waals surface area (Å²) in [6.07, 6.45) is 4.93. The summed E-state index contributed by atoms with van der Waals surface area (Å²) in [5, 5.41) is 4.14. The van der Waals surface area contributed by atoms with Crippen LogP contribution in [0.25, 0.3) is 0 Å². The fraction of sp³-hybridized carbons (Fsp3) is 0.625. The third-order valence-corrected chi connectivity index (χ3v) is 4.58. The van der Waals surface area contributed by atoms with E-state index in [0.717, 1.165) is 5.56 Å². The van der Waals surface area contributed by atoms with Gasteiger partial charge in [-0.1, -0.05) is 31.5 Å². The van der Waals surface area contributed by atoms with Crippen LogP contribution in [0.2, 0.25) is 5.02 Å². The average Bonchev–Trinajstić information content (AvgIpc) is 2.31. The maximum atomic E-state index is 13.1. The van der Waals surface area contributed by atoms with Crippen LogP contribution < -0.4 is 5.32 Å². The van der Waals surface area contributed by atoms with Crippen LogP contribution in [-0.2, 0) is 0 Å². The van der Waals surface area contributed by atoms with Gasteiger partial charge in [0.25, 0.3) is 0 Å².